The predicted octanol–water partition coefficient (Wildman–Crippen LogP) is 5.91. The Kier molecular flexibility index (Phi) is 6.90. The van der Waals surface area contributed by atoms with E-state index >= 15 is 0 Å². The lowest BCUT2D eigenvalue weighted by molar-refractivity contribution is 0.480. The van der Waals surface area contributed by atoms with E-state index in [0.717, 1.165) is 5.69 Å². The second kappa shape index (κ2) is 8.99. The molecule has 0 saturated heterocycles. The predicted molar refractivity (Wildman–Crippen MR) is 84.6 cm³/mol. The molecule has 1 aliphatic carbocycles. The molecule has 1 saturated carbocycles. The van der Waals surface area contributed by atoms with Gasteiger partial charge in [0.25, 0.3) is 0 Å². The van der Waals surface area contributed by atoms with Gasteiger partial charge in [-0.2, -0.15) is 0 Å². The quantitative estimate of drug-likeness (QED) is 0.708. The molecule has 0 bridgehead atoms. The number of hydrogen-bond donors (Lipinski definition) is 1. The molecular weight excluding hydrogens is 249 g/mol. The third kappa shape index (κ3) is 5.94. The van der Waals surface area contributed by atoms with Gasteiger partial charge in [-0.05, 0) is 31.0 Å². The molecule has 1 fully saturated rings. The fraction of sp³-hybridized carbons (Fsp3) is 0.667. The van der Waals surface area contributed by atoms with Gasteiger partial charge in [-0.25, -0.2) is 4.39 Å². The number of rotatable bonds is 2. The highest BCUT2D eigenvalue weighted by atomic mass is 19.1. The van der Waals surface area contributed by atoms with Crippen LogP contribution in [0.5, 0.6) is 0 Å². The summed E-state index contributed by atoms with van der Waals surface area (Å²) in [6, 6.07) is 7.38. The Bertz CT molecular complexity index is 365. The zero-order chi connectivity index (χ0) is 14.0. The fourth-order valence-electron chi connectivity index (χ4n) is 3.12. The van der Waals surface area contributed by atoms with E-state index in [1.54, 1.807) is 12.1 Å². The third-order valence-electron chi connectivity index (χ3n) is 4.30. The highest BCUT2D eigenvalue weighted by Crippen LogP contribution is 2.20. The molecule has 20 heavy (non-hydrogen) atoms. The molecule has 1 aromatic rings. The maximum atomic E-state index is 13.2. The van der Waals surface area contributed by atoms with Crippen LogP contribution in [-0.2, 0) is 0 Å². The highest BCUT2D eigenvalue weighted by molar-refractivity contribution is 5.43. The molecule has 0 atom stereocenters. The van der Waals surface area contributed by atoms with Crippen molar-refractivity contribution in [3.63, 3.8) is 0 Å². The summed E-state index contributed by atoms with van der Waals surface area (Å²) in [7, 11) is 0. The zero-order valence-corrected chi connectivity index (χ0v) is 12.5. The van der Waals surface area contributed by atoms with Gasteiger partial charge in [0.15, 0.2) is 0 Å². The molecule has 1 N–H and O–H groups in total. The SMILES string of the molecule is Fc1cccc(NC2CCCCCCCCCCC2)c1. The van der Waals surface area contributed by atoms with Gasteiger partial charge >= 0.3 is 0 Å². The van der Waals surface area contributed by atoms with E-state index < -0.39 is 0 Å². The van der Waals surface area contributed by atoms with Crippen LogP contribution >= 0.6 is 0 Å². The number of hydrogen-bond acceptors (Lipinski definition) is 1. The highest BCUT2D eigenvalue weighted by Gasteiger charge is 2.09. The van der Waals surface area contributed by atoms with Gasteiger partial charge in [-0.15, -0.1) is 0 Å². The van der Waals surface area contributed by atoms with Crippen molar-refractivity contribution >= 4 is 5.69 Å². The molecule has 1 nitrogen and oxygen atoms in total. The third-order valence-corrected chi connectivity index (χ3v) is 4.30. The second-order valence-electron chi connectivity index (χ2n) is 6.11. The van der Waals surface area contributed by atoms with Crippen LogP contribution in [0.2, 0.25) is 0 Å². The zero-order valence-electron chi connectivity index (χ0n) is 12.5. The van der Waals surface area contributed by atoms with Crippen LogP contribution in [0.4, 0.5) is 10.1 Å². The summed E-state index contributed by atoms with van der Waals surface area (Å²) in [5.74, 6) is -0.150. The Hall–Kier alpha value is -1.05. The first-order chi connectivity index (χ1) is 9.84. The van der Waals surface area contributed by atoms with Crippen LogP contribution < -0.4 is 5.32 Å². The Balaban J connectivity index is 1.85. The lowest BCUT2D eigenvalue weighted by atomic mass is 9.98. The molecule has 2 rings (SSSR count). The molecule has 1 aliphatic rings. The van der Waals surface area contributed by atoms with E-state index in [1.165, 1.54) is 76.7 Å². The van der Waals surface area contributed by atoms with E-state index in [1.807, 2.05) is 6.07 Å². The van der Waals surface area contributed by atoms with Crippen LogP contribution in [0.3, 0.4) is 0 Å². The van der Waals surface area contributed by atoms with Crippen molar-refractivity contribution in [1.29, 1.82) is 0 Å². The molecule has 0 heterocycles. The summed E-state index contributed by atoms with van der Waals surface area (Å²) >= 11 is 0. The summed E-state index contributed by atoms with van der Waals surface area (Å²) in [6.45, 7) is 0. The van der Waals surface area contributed by atoms with Gasteiger partial charge < -0.3 is 5.32 Å². The maximum Gasteiger partial charge on any atom is 0.125 e. The first-order valence-electron chi connectivity index (χ1n) is 8.37. The molecule has 0 aromatic heterocycles. The van der Waals surface area contributed by atoms with Gasteiger partial charge in [-0.3, -0.25) is 0 Å². The van der Waals surface area contributed by atoms with Gasteiger partial charge in [-0.1, -0.05) is 63.9 Å². The lowest BCUT2D eigenvalue weighted by Gasteiger charge is -2.20. The van der Waals surface area contributed by atoms with E-state index in [2.05, 4.69) is 5.32 Å². The molecule has 0 aliphatic heterocycles. The minimum atomic E-state index is -0.150. The van der Waals surface area contributed by atoms with Crippen molar-refractivity contribution in [2.24, 2.45) is 0 Å². The topological polar surface area (TPSA) is 12.0 Å². The van der Waals surface area contributed by atoms with Crippen LogP contribution in [0.15, 0.2) is 24.3 Å². The van der Waals surface area contributed by atoms with E-state index in [9.17, 15) is 4.39 Å². The smallest absolute Gasteiger partial charge is 0.125 e. The molecule has 0 spiro atoms. The molecule has 1 aromatic carbocycles. The summed E-state index contributed by atoms with van der Waals surface area (Å²) in [6.07, 6.45) is 14.7. The molecule has 0 amide bonds. The van der Waals surface area contributed by atoms with Crippen molar-refractivity contribution in [1.82, 2.24) is 0 Å². The van der Waals surface area contributed by atoms with Gasteiger partial charge in [0.05, 0.1) is 0 Å². The molecule has 0 unspecified atom stereocenters. The summed E-state index contributed by atoms with van der Waals surface area (Å²) in [5, 5.41) is 3.53. The first-order valence-corrected chi connectivity index (χ1v) is 8.37. The molecule has 2 heteroatoms. The van der Waals surface area contributed by atoms with Crippen LogP contribution in [0.1, 0.15) is 70.6 Å². The summed E-state index contributed by atoms with van der Waals surface area (Å²) < 4.78 is 13.2. The Morgan fingerprint density at radius 3 is 1.90 bits per heavy atom. The first kappa shape index (κ1) is 15.3. The molecule has 112 valence electrons. The maximum absolute atomic E-state index is 13.2. The minimum absolute atomic E-state index is 0.150. The fourth-order valence-corrected chi connectivity index (χ4v) is 3.12. The Morgan fingerprint density at radius 2 is 1.35 bits per heavy atom. The average Bonchev–Trinajstić information content (AvgIpc) is 2.42. The minimum Gasteiger partial charge on any atom is -0.382 e. The Labute approximate surface area is 123 Å². The van der Waals surface area contributed by atoms with Crippen LogP contribution in [0, 0.1) is 5.82 Å². The number of benzene rings is 1. The van der Waals surface area contributed by atoms with Gasteiger partial charge in [0.1, 0.15) is 5.82 Å². The van der Waals surface area contributed by atoms with E-state index in [-0.39, 0.29) is 5.82 Å². The standard InChI is InChI=1S/C18H28FN/c19-16-11-10-14-18(15-16)20-17-12-8-6-4-2-1-3-5-7-9-13-17/h10-11,14-15,17,20H,1-9,12-13H2. The largest absolute Gasteiger partial charge is 0.382 e. The van der Waals surface area contributed by atoms with Gasteiger partial charge in [0, 0.05) is 11.7 Å². The lowest BCUT2D eigenvalue weighted by Crippen LogP contribution is -2.19. The van der Waals surface area contributed by atoms with Gasteiger partial charge in [0.2, 0.25) is 0 Å². The van der Waals surface area contributed by atoms with Crippen molar-refractivity contribution in [2.75, 3.05) is 5.32 Å². The van der Waals surface area contributed by atoms with Crippen LogP contribution in [0.25, 0.3) is 0 Å². The second-order valence-corrected chi connectivity index (χ2v) is 6.11. The van der Waals surface area contributed by atoms with Crippen molar-refractivity contribution in [2.45, 2.75) is 76.7 Å². The number of halogens is 1. The summed E-state index contributed by atoms with van der Waals surface area (Å²) in [4.78, 5) is 0. The summed E-state index contributed by atoms with van der Waals surface area (Å²) in [5.41, 5.74) is 0.932. The molecular formula is C18H28FN. The monoisotopic (exact) mass is 277 g/mol. The van der Waals surface area contributed by atoms with Crippen molar-refractivity contribution in [3.8, 4) is 0 Å². The average molecular weight is 277 g/mol. The van der Waals surface area contributed by atoms with E-state index in [4.69, 9.17) is 0 Å². The normalized spacial score (nSPS) is 19.9. The van der Waals surface area contributed by atoms with E-state index in [0.29, 0.717) is 6.04 Å². The van der Waals surface area contributed by atoms with Crippen molar-refractivity contribution < 1.29 is 4.39 Å². The van der Waals surface area contributed by atoms with Crippen molar-refractivity contribution in [3.05, 3.63) is 30.1 Å². The van der Waals surface area contributed by atoms with Crippen LogP contribution in [-0.4, -0.2) is 6.04 Å². The number of anilines is 1. The Morgan fingerprint density at radius 1 is 0.800 bits per heavy atom. The number of nitrogens with one attached hydrogen (secondary N) is 1. The molecule has 0 radical (unpaired) electrons.